The third-order valence-electron chi connectivity index (χ3n) is 2.97. The van der Waals surface area contributed by atoms with E-state index >= 15 is 0 Å². The summed E-state index contributed by atoms with van der Waals surface area (Å²) >= 11 is 6.00. The van der Waals surface area contributed by atoms with Crippen molar-refractivity contribution < 1.29 is 9.13 Å². The number of hydrogen-bond donors (Lipinski definition) is 0. The fourth-order valence-electron chi connectivity index (χ4n) is 1.91. The maximum atomic E-state index is 13.3. The molecule has 0 unspecified atom stereocenters. The molecule has 0 N–H and O–H groups in total. The lowest BCUT2D eigenvalue weighted by Gasteiger charge is -2.10. The van der Waals surface area contributed by atoms with E-state index in [9.17, 15) is 4.39 Å². The van der Waals surface area contributed by atoms with Crippen LogP contribution in [0.5, 0.6) is 11.6 Å². The van der Waals surface area contributed by atoms with E-state index in [0.29, 0.717) is 16.8 Å². The van der Waals surface area contributed by atoms with E-state index in [1.54, 1.807) is 6.07 Å². The number of aryl methyl sites for hydroxylation is 1. The predicted molar refractivity (Wildman–Crippen MR) is 75.8 cm³/mol. The lowest BCUT2D eigenvalue weighted by molar-refractivity contribution is 0.454. The van der Waals surface area contributed by atoms with Crippen molar-refractivity contribution in [2.24, 2.45) is 0 Å². The Hall–Kier alpha value is -2.20. The van der Waals surface area contributed by atoms with Crippen LogP contribution in [0.1, 0.15) is 5.56 Å². The van der Waals surface area contributed by atoms with E-state index in [2.05, 4.69) is 10.2 Å². The van der Waals surface area contributed by atoms with Gasteiger partial charge in [0.1, 0.15) is 11.6 Å². The van der Waals surface area contributed by atoms with Gasteiger partial charge in [0.05, 0.1) is 0 Å². The van der Waals surface area contributed by atoms with Crippen LogP contribution in [0.4, 0.5) is 4.39 Å². The van der Waals surface area contributed by atoms with Crippen LogP contribution in [0, 0.1) is 12.7 Å². The Labute approximate surface area is 120 Å². The molecular formula is C15H10ClFN2O. The van der Waals surface area contributed by atoms with Crippen LogP contribution in [0.25, 0.3) is 10.8 Å². The minimum absolute atomic E-state index is 0.304. The molecule has 0 aliphatic rings. The molecule has 0 radical (unpaired) electrons. The van der Waals surface area contributed by atoms with Crippen LogP contribution >= 0.6 is 11.6 Å². The molecule has 0 amide bonds. The largest absolute Gasteiger partial charge is 0.437 e. The topological polar surface area (TPSA) is 35.0 Å². The first-order valence-electron chi connectivity index (χ1n) is 6.00. The number of fused-ring (bicyclic) bond motifs is 1. The summed E-state index contributed by atoms with van der Waals surface area (Å²) in [6.45, 7) is 1.83. The van der Waals surface area contributed by atoms with Crippen molar-refractivity contribution in [3.05, 3.63) is 59.0 Å². The Bertz CT molecular complexity index is 792. The van der Waals surface area contributed by atoms with Gasteiger partial charge in [-0.25, -0.2) is 4.39 Å². The Morgan fingerprint density at radius 1 is 1.05 bits per heavy atom. The summed E-state index contributed by atoms with van der Waals surface area (Å²) in [5, 5.41) is 9.58. The molecule has 2 aromatic carbocycles. The Morgan fingerprint density at radius 3 is 2.60 bits per heavy atom. The van der Waals surface area contributed by atoms with Gasteiger partial charge < -0.3 is 4.74 Å². The first-order chi connectivity index (χ1) is 9.65. The lowest BCUT2D eigenvalue weighted by Crippen LogP contribution is -1.95. The zero-order valence-corrected chi connectivity index (χ0v) is 11.4. The average Bonchev–Trinajstić information content (AvgIpc) is 2.46. The predicted octanol–water partition coefficient (Wildman–Crippen LogP) is 4.52. The first kappa shape index (κ1) is 12.8. The second kappa shape index (κ2) is 5.06. The molecule has 0 spiro atoms. The molecule has 3 rings (SSSR count). The minimum atomic E-state index is -0.364. The number of benzene rings is 2. The van der Waals surface area contributed by atoms with Gasteiger partial charge in [-0.1, -0.05) is 35.9 Å². The van der Waals surface area contributed by atoms with Crippen LogP contribution in [-0.2, 0) is 0 Å². The third kappa shape index (κ3) is 2.30. The summed E-state index contributed by atoms with van der Waals surface area (Å²) in [5.41, 5.74) is 0.812. The van der Waals surface area contributed by atoms with E-state index in [4.69, 9.17) is 16.3 Å². The van der Waals surface area contributed by atoms with E-state index < -0.39 is 0 Å². The van der Waals surface area contributed by atoms with Gasteiger partial charge in [0.15, 0.2) is 5.15 Å². The van der Waals surface area contributed by atoms with E-state index in [1.165, 1.54) is 12.1 Å². The van der Waals surface area contributed by atoms with Crippen LogP contribution in [0.15, 0.2) is 42.5 Å². The highest BCUT2D eigenvalue weighted by Crippen LogP contribution is 2.31. The van der Waals surface area contributed by atoms with Crippen LogP contribution in [0.2, 0.25) is 5.15 Å². The van der Waals surface area contributed by atoms with Crippen molar-refractivity contribution in [1.29, 1.82) is 0 Å². The van der Waals surface area contributed by atoms with E-state index in [0.717, 1.165) is 16.3 Å². The molecule has 1 aromatic heterocycles. The minimum Gasteiger partial charge on any atom is -0.437 e. The number of ether oxygens (including phenoxy) is 1. The molecule has 100 valence electrons. The third-order valence-corrected chi connectivity index (χ3v) is 3.24. The number of hydrogen-bond acceptors (Lipinski definition) is 3. The highest BCUT2D eigenvalue weighted by atomic mass is 35.5. The normalized spacial score (nSPS) is 10.8. The quantitative estimate of drug-likeness (QED) is 0.695. The molecule has 0 bridgehead atoms. The molecule has 0 atom stereocenters. The van der Waals surface area contributed by atoms with Gasteiger partial charge in [0.2, 0.25) is 5.88 Å². The van der Waals surface area contributed by atoms with Gasteiger partial charge in [-0.05, 0) is 24.6 Å². The number of rotatable bonds is 2. The standard InChI is InChI=1S/C15H10ClFN2O/c1-9-6-7-10(17)8-13(9)20-15-12-5-3-2-4-11(12)14(16)18-19-15/h2-8H,1H3. The summed E-state index contributed by atoms with van der Waals surface area (Å²) in [7, 11) is 0. The van der Waals surface area contributed by atoms with Crippen molar-refractivity contribution in [2.75, 3.05) is 0 Å². The van der Waals surface area contributed by atoms with E-state index in [1.807, 2.05) is 31.2 Å². The highest BCUT2D eigenvalue weighted by molar-refractivity contribution is 6.34. The zero-order valence-electron chi connectivity index (χ0n) is 10.6. The fraction of sp³-hybridized carbons (Fsp3) is 0.0667. The second-order valence-corrected chi connectivity index (χ2v) is 4.71. The van der Waals surface area contributed by atoms with Gasteiger partial charge in [0, 0.05) is 16.8 Å². The van der Waals surface area contributed by atoms with Gasteiger partial charge in [-0.15, -0.1) is 10.2 Å². The van der Waals surface area contributed by atoms with Crippen molar-refractivity contribution in [2.45, 2.75) is 6.92 Å². The summed E-state index contributed by atoms with van der Waals surface area (Å²) in [5.74, 6) is 0.349. The summed E-state index contributed by atoms with van der Waals surface area (Å²) in [6.07, 6.45) is 0. The molecule has 0 saturated heterocycles. The molecule has 5 heteroatoms. The molecule has 1 heterocycles. The van der Waals surface area contributed by atoms with Crippen LogP contribution in [0.3, 0.4) is 0 Å². The lowest BCUT2D eigenvalue weighted by atomic mass is 10.2. The molecule has 20 heavy (non-hydrogen) atoms. The molecule has 0 saturated carbocycles. The highest BCUT2D eigenvalue weighted by Gasteiger charge is 2.11. The van der Waals surface area contributed by atoms with E-state index in [-0.39, 0.29) is 5.82 Å². The smallest absolute Gasteiger partial charge is 0.246 e. The maximum absolute atomic E-state index is 13.3. The van der Waals surface area contributed by atoms with Crippen molar-refractivity contribution in [3.63, 3.8) is 0 Å². The summed E-state index contributed by atoms with van der Waals surface area (Å²) < 4.78 is 19.0. The Morgan fingerprint density at radius 2 is 1.80 bits per heavy atom. The van der Waals surface area contributed by atoms with Gasteiger partial charge in [-0.2, -0.15) is 0 Å². The molecule has 0 aliphatic carbocycles. The second-order valence-electron chi connectivity index (χ2n) is 4.35. The van der Waals surface area contributed by atoms with Gasteiger partial charge in [0.25, 0.3) is 0 Å². The first-order valence-corrected chi connectivity index (χ1v) is 6.38. The summed E-state index contributed by atoms with van der Waals surface area (Å²) in [6, 6.07) is 11.7. The molecule has 3 aromatic rings. The number of halogens is 2. The fourth-order valence-corrected chi connectivity index (χ4v) is 2.11. The van der Waals surface area contributed by atoms with Crippen LogP contribution in [-0.4, -0.2) is 10.2 Å². The maximum Gasteiger partial charge on any atom is 0.246 e. The van der Waals surface area contributed by atoms with Gasteiger partial charge >= 0.3 is 0 Å². The molecular weight excluding hydrogens is 279 g/mol. The number of nitrogens with zero attached hydrogens (tertiary/aromatic N) is 2. The van der Waals surface area contributed by atoms with Gasteiger partial charge in [-0.3, -0.25) is 0 Å². The zero-order chi connectivity index (χ0) is 14.1. The van der Waals surface area contributed by atoms with Crippen LogP contribution < -0.4 is 4.74 Å². The van der Waals surface area contributed by atoms with Crippen molar-refractivity contribution in [3.8, 4) is 11.6 Å². The monoisotopic (exact) mass is 288 g/mol. The molecule has 0 fully saturated rings. The Kier molecular flexibility index (Phi) is 3.24. The SMILES string of the molecule is Cc1ccc(F)cc1Oc1nnc(Cl)c2ccccc12. The van der Waals surface area contributed by atoms with Crippen molar-refractivity contribution >= 4 is 22.4 Å². The van der Waals surface area contributed by atoms with Crippen molar-refractivity contribution in [1.82, 2.24) is 10.2 Å². The molecule has 3 nitrogen and oxygen atoms in total. The average molecular weight is 289 g/mol. The summed E-state index contributed by atoms with van der Waals surface area (Å²) in [4.78, 5) is 0. The number of aromatic nitrogens is 2. The Balaban J connectivity index is 2.11. The molecule has 0 aliphatic heterocycles.